The minimum Gasteiger partial charge on any atom is -0.388 e. The summed E-state index contributed by atoms with van der Waals surface area (Å²) in [5.74, 6) is 0.915. The number of benzene rings is 1. The van der Waals surface area contributed by atoms with Crippen molar-refractivity contribution < 1.29 is 5.11 Å². The van der Waals surface area contributed by atoms with E-state index in [0.717, 1.165) is 44.5 Å². The highest BCUT2D eigenvalue weighted by molar-refractivity contribution is 7.22. The van der Waals surface area contributed by atoms with Gasteiger partial charge in [-0.25, -0.2) is 9.97 Å². The molecular formula is C17H16ClN3OS. The first-order valence-corrected chi connectivity index (χ1v) is 8.69. The van der Waals surface area contributed by atoms with Gasteiger partial charge in [0.1, 0.15) is 12.1 Å². The van der Waals surface area contributed by atoms with Crippen molar-refractivity contribution in [2.24, 2.45) is 0 Å². The molecule has 1 aliphatic rings. The van der Waals surface area contributed by atoms with Crippen molar-refractivity contribution in [2.75, 3.05) is 18.0 Å². The number of hydrogen-bond acceptors (Lipinski definition) is 5. The van der Waals surface area contributed by atoms with E-state index in [4.69, 9.17) is 11.6 Å². The summed E-state index contributed by atoms with van der Waals surface area (Å²) in [4.78, 5) is 12.2. The summed E-state index contributed by atoms with van der Waals surface area (Å²) < 4.78 is 1.06. The highest BCUT2D eigenvalue weighted by atomic mass is 35.5. The molecule has 3 heterocycles. The molecule has 4 nitrogen and oxygen atoms in total. The molecule has 1 fully saturated rings. The van der Waals surface area contributed by atoms with Gasteiger partial charge in [-0.2, -0.15) is 0 Å². The number of nitrogens with zero attached hydrogens (tertiary/aromatic N) is 3. The SMILES string of the molecule is CC1(O)CCN(c2ncnc3cc(-c4ccc(Cl)cc4)sc23)C1. The van der Waals surface area contributed by atoms with Crippen molar-refractivity contribution in [3.63, 3.8) is 0 Å². The molecule has 0 aliphatic carbocycles. The molecule has 0 saturated carbocycles. The molecular weight excluding hydrogens is 330 g/mol. The lowest BCUT2D eigenvalue weighted by atomic mass is 10.1. The number of halogens is 1. The molecule has 2 aromatic heterocycles. The Hall–Kier alpha value is -1.69. The third-order valence-corrected chi connectivity index (χ3v) is 5.59. The Morgan fingerprint density at radius 1 is 1.26 bits per heavy atom. The van der Waals surface area contributed by atoms with Crippen LogP contribution >= 0.6 is 22.9 Å². The van der Waals surface area contributed by atoms with Gasteiger partial charge in [0.25, 0.3) is 0 Å². The second kappa shape index (κ2) is 5.44. The summed E-state index contributed by atoms with van der Waals surface area (Å²) in [7, 11) is 0. The molecule has 1 atom stereocenters. The highest BCUT2D eigenvalue weighted by Crippen LogP contribution is 2.38. The molecule has 0 bridgehead atoms. The van der Waals surface area contributed by atoms with Crippen LogP contribution in [-0.4, -0.2) is 33.8 Å². The fourth-order valence-corrected chi connectivity index (χ4v) is 4.21. The van der Waals surface area contributed by atoms with Crippen molar-refractivity contribution in [3.8, 4) is 10.4 Å². The summed E-state index contributed by atoms with van der Waals surface area (Å²) in [6.07, 6.45) is 2.36. The molecule has 23 heavy (non-hydrogen) atoms. The minimum atomic E-state index is -0.645. The summed E-state index contributed by atoms with van der Waals surface area (Å²) in [5, 5.41) is 10.9. The van der Waals surface area contributed by atoms with E-state index in [9.17, 15) is 5.11 Å². The van der Waals surface area contributed by atoms with Gasteiger partial charge in [-0.3, -0.25) is 0 Å². The molecule has 3 aromatic rings. The molecule has 0 spiro atoms. The Labute approximate surface area is 143 Å². The largest absolute Gasteiger partial charge is 0.388 e. The predicted octanol–water partition coefficient (Wildman–Crippen LogP) is 3.97. The number of rotatable bonds is 2. The van der Waals surface area contributed by atoms with Crippen molar-refractivity contribution in [2.45, 2.75) is 18.9 Å². The average molecular weight is 346 g/mol. The maximum atomic E-state index is 10.2. The van der Waals surface area contributed by atoms with E-state index in [1.807, 2.05) is 31.2 Å². The van der Waals surface area contributed by atoms with E-state index in [2.05, 4.69) is 20.9 Å². The van der Waals surface area contributed by atoms with Gasteiger partial charge in [-0.15, -0.1) is 11.3 Å². The van der Waals surface area contributed by atoms with Gasteiger partial charge >= 0.3 is 0 Å². The maximum Gasteiger partial charge on any atom is 0.150 e. The molecule has 1 unspecified atom stereocenters. The Bertz CT molecular complexity index is 860. The van der Waals surface area contributed by atoms with Crippen molar-refractivity contribution >= 4 is 39.0 Å². The summed E-state index contributed by atoms with van der Waals surface area (Å²) in [6, 6.07) is 9.90. The van der Waals surface area contributed by atoms with Gasteiger partial charge in [-0.1, -0.05) is 23.7 Å². The third kappa shape index (κ3) is 2.80. The van der Waals surface area contributed by atoms with Crippen LogP contribution in [0.4, 0.5) is 5.82 Å². The van der Waals surface area contributed by atoms with Gasteiger partial charge in [0, 0.05) is 23.0 Å². The molecule has 1 aliphatic heterocycles. The standard InChI is InChI=1S/C17H16ClN3OS/c1-17(22)6-7-21(9-17)16-15-13(19-10-20-16)8-14(23-15)11-2-4-12(18)5-3-11/h2-5,8,10,22H,6-7,9H2,1H3. The number of anilines is 1. The molecule has 4 rings (SSSR count). The molecule has 6 heteroatoms. The van der Waals surface area contributed by atoms with Crippen LogP contribution in [0.25, 0.3) is 20.7 Å². The minimum absolute atomic E-state index is 0.604. The fourth-order valence-electron chi connectivity index (χ4n) is 2.95. The summed E-state index contributed by atoms with van der Waals surface area (Å²) in [5.41, 5.74) is 1.42. The van der Waals surface area contributed by atoms with Gasteiger partial charge < -0.3 is 10.0 Å². The van der Waals surface area contributed by atoms with E-state index in [-0.39, 0.29) is 0 Å². The topological polar surface area (TPSA) is 49.2 Å². The lowest BCUT2D eigenvalue weighted by Gasteiger charge is -2.19. The van der Waals surface area contributed by atoms with Gasteiger partial charge in [0.15, 0.2) is 0 Å². The molecule has 1 saturated heterocycles. The zero-order valence-corrected chi connectivity index (χ0v) is 14.2. The molecule has 0 amide bonds. The van der Waals surface area contributed by atoms with Crippen LogP contribution in [0.5, 0.6) is 0 Å². The van der Waals surface area contributed by atoms with E-state index in [1.165, 1.54) is 0 Å². The van der Waals surface area contributed by atoms with Gasteiger partial charge in [-0.05, 0) is 37.1 Å². The second-order valence-electron chi connectivity index (χ2n) is 6.20. The number of β-amino-alcohol motifs (C(OH)–C–C–N with tert-alkyl or cyclic N) is 1. The zero-order chi connectivity index (χ0) is 16.0. The van der Waals surface area contributed by atoms with Crippen molar-refractivity contribution in [1.82, 2.24) is 9.97 Å². The molecule has 1 N–H and O–H groups in total. The second-order valence-corrected chi connectivity index (χ2v) is 7.69. The first-order chi connectivity index (χ1) is 11.0. The zero-order valence-electron chi connectivity index (χ0n) is 12.7. The van der Waals surface area contributed by atoms with Crippen LogP contribution in [0, 0.1) is 0 Å². The average Bonchev–Trinajstić information content (AvgIpc) is 3.10. The number of fused-ring (bicyclic) bond motifs is 1. The Morgan fingerprint density at radius 3 is 2.74 bits per heavy atom. The van der Waals surface area contributed by atoms with Crippen LogP contribution in [0.1, 0.15) is 13.3 Å². The maximum absolute atomic E-state index is 10.2. The van der Waals surface area contributed by atoms with Crippen LogP contribution in [-0.2, 0) is 0 Å². The van der Waals surface area contributed by atoms with Crippen LogP contribution in [0.15, 0.2) is 36.7 Å². The van der Waals surface area contributed by atoms with E-state index in [1.54, 1.807) is 17.7 Å². The van der Waals surface area contributed by atoms with E-state index >= 15 is 0 Å². The number of thiophene rings is 1. The van der Waals surface area contributed by atoms with Crippen LogP contribution in [0.3, 0.4) is 0 Å². The van der Waals surface area contributed by atoms with Gasteiger partial charge in [0.2, 0.25) is 0 Å². The quantitative estimate of drug-likeness (QED) is 0.763. The number of hydrogen-bond donors (Lipinski definition) is 1. The monoisotopic (exact) mass is 345 g/mol. The van der Waals surface area contributed by atoms with Crippen molar-refractivity contribution in [1.29, 1.82) is 0 Å². The highest BCUT2D eigenvalue weighted by Gasteiger charge is 2.33. The number of aromatic nitrogens is 2. The Balaban J connectivity index is 1.77. The van der Waals surface area contributed by atoms with Gasteiger partial charge in [0.05, 0.1) is 15.8 Å². The summed E-state index contributed by atoms with van der Waals surface area (Å²) in [6.45, 7) is 3.29. The summed E-state index contributed by atoms with van der Waals surface area (Å²) >= 11 is 7.65. The first kappa shape index (κ1) is 14.9. The lowest BCUT2D eigenvalue weighted by molar-refractivity contribution is 0.0839. The lowest BCUT2D eigenvalue weighted by Crippen LogP contribution is -2.30. The van der Waals surface area contributed by atoms with Crippen molar-refractivity contribution in [3.05, 3.63) is 41.7 Å². The van der Waals surface area contributed by atoms with E-state index in [0.29, 0.717) is 6.54 Å². The molecule has 118 valence electrons. The fraction of sp³-hybridized carbons (Fsp3) is 0.294. The number of aliphatic hydroxyl groups is 1. The van der Waals surface area contributed by atoms with E-state index < -0.39 is 5.60 Å². The third-order valence-electron chi connectivity index (χ3n) is 4.17. The first-order valence-electron chi connectivity index (χ1n) is 7.50. The van der Waals surface area contributed by atoms with Crippen LogP contribution < -0.4 is 4.90 Å². The smallest absolute Gasteiger partial charge is 0.150 e. The normalized spacial score (nSPS) is 21.3. The van der Waals surface area contributed by atoms with Crippen LogP contribution in [0.2, 0.25) is 5.02 Å². The molecule has 1 aromatic carbocycles. The Kier molecular flexibility index (Phi) is 3.52. The predicted molar refractivity (Wildman–Crippen MR) is 95.3 cm³/mol. The molecule has 0 radical (unpaired) electrons. The Morgan fingerprint density at radius 2 is 2.04 bits per heavy atom.